The van der Waals surface area contributed by atoms with Crippen LogP contribution >= 0.6 is 0 Å². The summed E-state index contributed by atoms with van der Waals surface area (Å²) in [6.45, 7) is 1.29. The summed E-state index contributed by atoms with van der Waals surface area (Å²) in [7, 11) is 0. The molecule has 0 aliphatic heterocycles. The number of halogens is 3. The van der Waals surface area contributed by atoms with E-state index in [0.717, 1.165) is 6.07 Å². The van der Waals surface area contributed by atoms with Gasteiger partial charge in [-0.1, -0.05) is 19.1 Å². The lowest BCUT2D eigenvalue weighted by Crippen LogP contribution is -2.22. The second-order valence-electron chi connectivity index (χ2n) is 5.18. The zero-order valence-electron chi connectivity index (χ0n) is 13.4. The molecule has 2 rings (SSSR count). The van der Waals surface area contributed by atoms with Gasteiger partial charge in [-0.05, 0) is 36.4 Å². The first kappa shape index (κ1) is 18.5. The van der Waals surface area contributed by atoms with Crippen LogP contribution < -0.4 is 10.1 Å². The van der Waals surface area contributed by atoms with Crippen molar-refractivity contribution in [3.8, 4) is 5.75 Å². The molecule has 0 fully saturated rings. The van der Waals surface area contributed by atoms with Gasteiger partial charge in [-0.3, -0.25) is 9.59 Å². The highest BCUT2D eigenvalue weighted by Gasteiger charge is 2.33. The summed E-state index contributed by atoms with van der Waals surface area (Å²) in [5.74, 6) is -0.398. The van der Waals surface area contributed by atoms with Crippen molar-refractivity contribution in [2.45, 2.75) is 19.5 Å². The number of para-hydroxylation sites is 1. The van der Waals surface area contributed by atoms with E-state index in [1.165, 1.54) is 30.3 Å². The van der Waals surface area contributed by atoms with Gasteiger partial charge < -0.3 is 10.1 Å². The molecule has 0 radical (unpaired) electrons. The first-order valence-corrected chi connectivity index (χ1v) is 7.53. The van der Waals surface area contributed by atoms with Crippen LogP contribution in [-0.2, 0) is 11.0 Å². The molecule has 0 bridgehead atoms. The van der Waals surface area contributed by atoms with Gasteiger partial charge >= 0.3 is 6.18 Å². The number of Topliss-reactive ketones (excluding diaryl/α,β-unsaturated/α-hetero) is 1. The molecule has 0 saturated carbocycles. The van der Waals surface area contributed by atoms with Gasteiger partial charge in [0.05, 0.1) is 11.3 Å². The molecule has 7 heteroatoms. The Hall–Kier alpha value is -2.83. The van der Waals surface area contributed by atoms with E-state index in [2.05, 4.69) is 5.32 Å². The second-order valence-corrected chi connectivity index (χ2v) is 5.18. The second kappa shape index (κ2) is 7.83. The van der Waals surface area contributed by atoms with E-state index in [0.29, 0.717) is 17.7 Å². The number of ether oxygens (including phenoxy) is 1. The molecule has 0 atom stereocenters. The maximum Gasteiger partial charge on any atom is 0.418 e. The number of hydrogen-bond acceptors (Lipinski definition) is 3. The average Bonchev–Trinajstić information content (AvgIpc) is 2.59. The third-order valence-electron chi connectivity index (χ3n) is 3.37. The van der Waals surface area contributed by atoms with Crippen molar-refractivity contribution < 1.29 is 27.5 Å². The summed E-state index contributed by atoms with van der Waals surface area (Å²) in [5.41, 5.74) is -0.725. The van der Waals surface area contributed by atoms with Crippen molar-refractivity contribution in [1.29, 1.82) is 0 Å². The molecule has 25 heavy (non-hydrogen) atoms. The first-order valence-electron chi connectivity index (χ1n) is 7.53. The zero-order valence-corrected chi connectivity index (χ0v) is 13.4. The molecule has 2 aromatic rings. The predicted molar refractivity (Wildman–Crippen MR) is 86.6 cm³/mol. The first-order chi connectivity index (χ1) is 11.8. The minimum Gasteiger partial charge on any atom is -0.484 e. The van der Waals surface area contributed by atoms with Crippen molar-refractivity contribution in [3.63, 3.8) is 0 Å². The van der Waals surface area contributed by atoms with Gasteiger partial charge in [0.25, 0.3) is 5.91 Å². The summed E-state index contributed by atoms with van der Waals surface area (Å²) in [6.07, 6.45) is -4.19. The summed E-state index contributed by atoms with van der Waals surface area (Å²) in [6, 6.07) is 10.9. The molecule has 0 aliphatic carbocycles. The van der Waals surface area contributed by atoms with Gasteiger partial charge in [-0.15, -0.1) is 0 Å². The van der Waals surface area contributed by atoms with Gasteiger partial charge in [-0.25, -0.2) is 0 Å². The Balaban J connectivity index is 1.97. The van der Waals surface area contributed by atoms with Crippen LogP contribution in [0.25, 0.3) is 0 Å². The number of rotatable bonds is 6. The maximum atomic E-state index is 12.9. The minimum absolute atomic E-state index is 0.0203. The Morgan fingerprint density at radius 3 is 2.28 bits per heavy atom. The Morgan fingerprint density at radius 2 is 1.68 bits per heavy atom. The van der Waals surface area contributed by atoms with Crippen molar-refractivity contribution >= 4 is 17.4 Å². The molecule has 0 aliphatic rings. The number of amides is 1. The molecule has 0 unspecified atom stereocenters. The highest BCUT2D eigenvalue weighted by molar-refractivity contribution is 5.96. The normalized spacial score (nSPS) is 11.0. The topological polar surface area (TPSA) is 55.4 Å². The number of carbonyl (C=O) groups excluding carboxylic acids is 2. The molecule has 1 N–H and O–H groups in total. The molecule has 0 heterocycles. The molecule has 132 valence electrons. The number of alkyl halides is 3. The summed E-state index contributed by atoms with van der Waals surface area (Å²) >= 11 is 0. The lowest BCUT2D eigenvalue weighted by atomic mass is 10.1. The monoisotopic (exact) mass is 351 g/mol. The number of ketones is 1. The molecule has 0 saturated heterocycles. The van der Waals surface area contributed by atoms with E-state index in [4.69, 9.17) is 4.74 Å². The smallest absolute Gasteiger partial charge is 0.418 e. The molecular formula is C18H16F3NO3. The van der Waals surface area contributed by atoms with E-state index in [9.17, 15) is 22.8 Å². The summed E-state index contributed by atoms with van der Waals surface area (Å²) < 4.78 is 43.8. The number of anilines is 1. The highest BCUT2D eigenvalue weighted by Crippen LogP contribution is 2.34. The molecule has 0 spiro atoms. The Morgan fingerprint density at radius 1 is 1.04 bits per heavy atom. The lowest BCUT2D eigenvalue weighted by Gasteiger charge is -2.13. The van der Waals surface area contributed by atoms with Crippen LogP contribution in [0.4, 0.5) is 18.9 Å². The quantitative estimate of drug-likeness (QED) is 0.789. The van der Waals surface area contributed by atoms with Crippen molar-refractivity contribution in [1.82, 2.24) is 0 Å². The van der Waals surface area contributed by atoms with Crippen molar-refractivity contribution in [2.75, 3.05) is 11.9 Å². The van der Waals surface area contributed by atoms with E-state index >= 15 is 0 Å². The van der Waals surface area contributed by atoms with Crippen molar-refractivity contribution in [2.24, 2.45) is 0 Å². The largest absolute Gasteiger partial charge is 0.484 e. The van der Waals surface area contributed by atoms with Gasteiger partial charge in [-0.2, -0.15) is 13.2 Å². The fourth-order valence-corrected chi connectivity index (χ4v) is 2.12. The van der Waals surface area contributed by atoms with Crippen LogP contribution in [0.3, 0.4) is 0 Å². The molecule has 4 nitrogen and oxygen atoms in total. The number of carbonyl (C=O) groups is 2. The van der Waals surface area contributed by atoms with E-state index < -0.39 is 24.3 Å². The standard InChI is InChI=1S/C18H16F3NO3/c1-2-16(23)12-7-9-13(10-8-12)25-11-17(24)22-15-6-4-3-5-14(15)18(19,20)21/h3-10H,2,11H2,1H3,(H,22,24). The van der Waals surface area contributed by atoms with Crippen molar-refractivity contribution in [3.05, 3.63) is 59.7 Å². The number of nitrogens with one attached hydrogen (secondary N) is 1. The Labute approximate surface area is 142 Å². The van der Waals surface area contributed by atoms with Crippen LogP contribution in [0.2, 0.25) is 0 Å². The maximum absolute atomic E-state index is 12.9. The van der Waals surface area contributed by atoms with Crippen LogP contribution in [0, 0.1) is 0 Å². The Kier molecular flexibility index (Phi) is 5.80. The third kappa shape index (κ3) is 5.07. The van der Waals surface area contributed by atoms with Gasteiger partial charge in [0.1, 0.15) is 5.75 Å². The van der Waals surface area contributed by atoms with Gasteiger partial charge in [0, 0.05) is 12.0 Å². The van der Waals surface area contributed by atoms with Gasteiger partial charge in [0.15, 0.2) is 12.4 Å². The summed E-state index contributed by atoms with van der Waals surface area (Å²) in [5, 5.41) is 2.19. The lowest BCUT2D eigenvalue weighted by molar-refractivity contribution is -0.137. The van der Waals surface area contributed by atoms with Crippen LogP contribution in [0.15, 0.2) is 48.5 Å². The Bertz CT molecular complexity index is 755. The zero-order chi connectivity index (χ0) is 18.4. The fraction of sp³-hybridized carbons (Fsp3) is 0.222. The SMILES string of the molecule is CCC(=O)c1ccc(OCC(=O)Nc2ccccc2C(F)(F)F)cc1. The summed E-state index contributed by atoms with van der Waals surface area (Å²) in [4.78, 5) is 23.3. The van der Waals surface area contributed by atoms with Gasteiger partial charge in [0.2, 0.25) is 0 Å². The number of hydrogen-bond donors (Lipinski definition) is 1. The minimum atomic E-state index is -4.56. The predicted octanol–water partition coefficient (Wildman–Crippen LogP) is 4.32. The molecular weight excluding hydrogens is 335 g/mol. The fourth-order valence-electron chi connectivity index (χ4n) is 2.12. The van der Waals surface area contributed by atoms with Crippen LogP contribution in [0.1, 0.15) is 29.3 Å². The average molecular weight is 351 g/mol. The third-order valence-corrected chi connectivity index (χ3v) is 3.37. The van der Waals surface area contributed by atoms with E-state index in [-0.39, 0.29) is 11.5 Å². The molecule has 0 aromatic heterocycles. The number of benzene rings is 2. The molecule has 1 amide bonds. The van der Waals surface area contributed by atoms with Crippen LogP contribution in [0.5, 0.6) is 5.75 Å². The van der Waals surface area contributed by atoms with E-state index in [1.54, 1.807) is 19.1 Å². The van der Waals surface area contributed by atoms with E-state index in [1.807, 2.05) is 0 Å². The van der Waals surface area contributed by atoms with Crippen LogP contribution in [-0.4, -0.2) is 18.3 Å². The molecule has 2 aromatic carbocycles. The highest BCUT2D eigenvalue weighted by atomic mass is 19.4.